The molecule has 7 fully saturated rings. The zero-order chi connectivity index (χ0) is 19.0. The quantitative estimate of drug-likeness (QED) is 0.717. The Bertz CT molecular complexity index is 781. The first kappa shape index (κ1) is 17.7. The van der Waals surface area contributed by atoms with Gasteiger partial charge in [0.2, 0.25) is 0 Å². The second-order valence-electron chi connectivity index (χ2n) is 11.8. The van der Waals surface area contributed by atoms with Crippen molar-refractivity contribution < 1.29 is 4.79 Å². The van der Waals surface area contributed by atoms with Crippen LogP contribution in [0, 0.1) is 28.6 Å². The highest BCUT2D eigenvalue weighted by molar-refractivity contribution is 5.86. The van der Waals surface area contributed by atoms with E-state index in [9.17, 15) is 4.79 Å². The molecule has 0 radical (unpaired) electrons. The largest absolute Gasteiger partial charge is 0.303 e. The van der Waals surface area contributed by atoms with E-state index in [0.717, 1.165) is 24.7 Å². The number of benzene rings is 1. The number of hydrogen-bond acceptors (Lipinski definition) is 2. The van der Waals surface area contributed by atoms with Crippen molar-refractivity contribution in [2.45, 2.75) is 70.1 Å². The fraction of sp³-hybridized carbons (Fsp3) is 0.731. The Hall–Kier alpha value is -1.15. The zero-order valence-electron chi connectivity index (χ0n) is 17.5. The van der Waals surface area contributed by atoms with Crippen LogP contribution in [0.4, 0.5) is 0 Å². The van der Waals surface area contributed by atoms with Crippen molar-refractivity contribution in [2.24, 2.45) is 28.6 Å². The molecule has 0 spiro atoms. The smallest absolute Gasteiger partial charge is 0.139 e. The van der Waals surface area contributed by atoms with Crippen molar-refractivity contribution in [3.05, 3.63) is 35.9 Å². The van der Waals surface area contributed by atoms with Gasteiger partial charge in [-0.1, -0.05) is 37.3 Å². The van der Waals surface area contributed by atoms with E-state index < -0.39 is 0 Å². The lowest BCUT2D eigenvalue weighted by Gasteiger charge is -2.66. The lowest BCUT2D eigenvalue weighted by atomic mass is 9.38. The Balaban J connectivity index is 1.31. The summed E-state index contributed by atoms with van der Waals surface area (Å²) in [5, 5.41) is 0. The molecule has 0 N–H and O–H groups in total. The van der Waals surface area contributed by atoms with Gasteiger partial charge in [-0.3, -0.25) is 4.79 Å². The molecule has 6 bridgehead atoms. The van der Waals surface area contributed by atoms with E-state index in [1.54, 1.807) is 0 Å². The summed E-state index contributed by atoms with van der Waals surface area (Å²) >= 11 is 0. The van der Waals surface area contributed by atoms with E-state index in [4.69, 9.17) is 0 Å². The molecule has 5 atom stereocenters. The van der Waals surface area contributed by atoms with Crippen LogP contribution in [0.1, 0.15) is 70.3 Å². The van der Waals surface area contributed by atoms with Crippen LogP contribution in [0.3, 0.4) is 0 Å². The van der Waals surface area contributed by atoms with E-state index in [1.807, 2.05) is 0 Å². The predicted octanol–water partition coefficient (Wildman–Crippen LogP) is 5.22. The molecule has 150 valence electrons. The Morgan fingerprint density at radius 2 is 1.82 bits per heavy atom. The number of Topliss-reactive ketones (excluding diaryl/α,β-unsaturated/α-hetero) is 1. The zero-order valence-corrected chi connectivity index (χ0v) is 17.5. The van der Waals surface area contributed by atoms with Crippen molar-refractivity contribution >= 4 is 5.78 Å². The summed E-state index contributed by atoms with van der Waals surface area (Å²) in [4.78, 5) is 16.6. The number of fused-ring (bicyclic) bond motifs is 3. The highest BCUT2D eigenvalue weighted by atomic mass is 16.1. The Morgan fingerprint density at radius 3 is 2.50 bits per heavy atom. The molecule has 4 aliphatic carbocycles. The van der Waals surface area contributed by atoms with Gasteiger partial charge in [-0.05, 0) is 98.6 Å². The highest BCUT2D eigenvalue weighted by Gasteiger charge is 2.64. The minimum Gasteiger partial charge on any atom is -0.303 e. The third-order valence-electron chi connectivity index (χ3n) is 9.56. The molecule has 2 nitrogen and oxygen atoms in total. The second-order valence-corrected chi connectivity index (χ2v) is 11.8. The van der Waals surface area contributed by atoms with Gasteiger partial charge in [0.05, 0.1) is 0 Å². The standard InChI is InChI=1S/C26H35NO/c1-24-12-19-13-25(16-24,22-5-3-2-4-6-22)18-26(14-19,17-24)23(28)11-21-15-27-9-7-20(21)8-10-27/h2-6,19-21H,7-18H2,1H3/t19?,21-,24+,25+,26?/m1/s1. The molecule has 7 aliphatic rings. The van der Waals surface area contributed by atoms with Crippen LogP contribution in [-0.4, -0.2) is 30.3 Å². The van der Waals surface area contributed by atoms with Crippen LogP contribution in [-0.2, 0) is 10.2 Å². The monoisotopic (exact) mass is 377 g/mol. The topological polar surface area (TPSA) is 20.3 Å². The summed E-state index contributed by atoms with van der Waals surface area (Å²) in [7, 11) is 0. The summed E-state index contributed by atoms with van der Waals surface area (Å²) in [5.41, 5.74) is 2.14. The van der Waals surface area contributed by atoms with Gasteiger partial charge in [-0.2, -0.15) is 0 Å². The molecule has 0 aromatic heterocycles. The van der Waals surface area contributed by atoms with Gasteiger partial charge < -0.3 is 4.90 Å². The van der Waals surface area contributed by atoms with Crippen LogP contribution < -0.4 is 0 Å². The third kappa shape index (κ3) is 2.59. The molecule has 3 heterocycles. The van der Waals surface area contributed by atoms with E-state index in [-0.39, 0.29) is 10.8 Å². The molecule has 3 saturated heterocycles. The van der Waals surface area contributed by atoms with Gasteiger partial charge in [-0.15, -0.1) is 0 Å². The SMILES string of the molecule is C[C@@]12CC3CC(C(=O)C[C@@H]4CN5CCC4CC5)(C1)C[C@](c1ccccc1)(C3)C2. The minimum absolute atomic E-state index is 0.0178. The Kier molecular flexibility index (Phi) is 3.75. The van der Waals surface area contributed by atoms with Gasteiger partial charge in [0.1, 0.15) is 5.78 Å². The van der Waals surface area contributed by atoms with Gasteiger partial charge in [0.25, 0.3) is 0 Å². The first-order valence-electron chi connectivity index (χ1n) is 11.8. The maximum Gasteiger partial charge on any atom is 0.139 e. The molecule has 0 amide bonds. The Labute approximate surface area is 170 Å². The lowest BCUT2D eigenvalue weighted by Crippen LogP contribution is -2.60. The van der Waals surface area contributed by atoms with Crippen molar-refractivity contribution in [2.75, 3.05) is 19.6 Å². The van der Waals surface area contributed by atoms with Gasteiger partial charge in [0.15, 0.2) is 0 Å². The molecule has 3 aliphatic heterocycles. The number of carbonyl (C=O) groups is 1. The number of carbonyl (C=O) groups excluding carboxylic acids is 1. The van der Waals surface area contributed by atoms with Gasteiger partial charge in [0, 0.05) is 18.4 Å². The van der Waals surface area contributed by atoms with Crippen molar-refractivity contribution in [1.29, 1.82) is 0 Å². The lowest BCUT2D eigenvalue weighted by molar-refractivity contribution is -0.160. The first-order valence-corrected chi connectivity index (χ1v) is 11.8. The van der Waals surface area contributed by atoms with Gasteiger partial charge in [-0.25, -0.2) is 0 Å². The van der Waals surface area contributed by atoms with Crippen LogP contribution in [0.25, 0.3) is 0 Å². The summed E-state index contributed by atoms with van der Waals surface area (Å²) in [6, 6.07) is 11.3. The fourth-order valence-corrected chi connectivity index (χ4v) is 9.12. The second kappa shape index (κ2) is 5.94. The van der Waals surface area contributed by atoms with Crippen LogP contribution in [0.2, 0.25) is 0 Å². The molecule has 1 aromatic carbocycles. The number of piperidine rings is 3. The number of nitrogens with zero attached hydrogens (tertiary/aromatic N) is 1. The molecule has 4 saturated carbocycles. The van der Waals surface area contributed by atoms with Crippen LogP contribution in [0.15, 0.2) is 30.3 Å². The molecular formula is C26H35NO. The number of rotatable bonds is 4. The summed E-state index contributed by atoms with van der Waals surface area (Å²) < 4.78 is 0. The summed E-state index contributed by atoms with van der Waals surface area (Å²) in [6.45, 7) is 6.25. The average molecular weight is 378 g/mol. The molecule has 8 rings (SSSR count). The first-order chi connectivity index (χ1) is 13.5. The maximum atomic E-state index is 13.9. The summed E-state index contributed by atoms with van der Waals surface area (Å²) in [5.74, 6) is 2.88. The normalized spacial score (nSPS) is 48.8. The van der Waals surface area contributed by atoms with Gasteiger partial charge >= 0.3 is 0 Å². The van der Waals surface area contributed by atoms with Crippen molar-refractivity contribution in [3.63, 3.8) is 0 Å². The Morgan fingerprint density at radius 1 is 1.04 bits per heavy atom. The third-order valence-corrected chi connectivity index (χ3v) is 9.56. The van der Waals surface area contributed by atoms with Crippen LogP contribution >= 0.6 is 0 Å². The van der Waals surface area contributed by atoms with E-state index in [2.05, 4.69) is 42.2 Å². The molecule has 28 heavy (non-hydrogen) atoms. The average Bonchev–Trinajstić information content (AvgIpc) is 2.68. The molecule has 2 unspecified atom stereocenters. The number of hydrogen-bond donors (Lipinski definition) is 0. The highest BCUT2D eigenvalue weighted by Crippen LogP contribution is 2.70. The van der Waals surface area contributed by atoms with Crippen molar-refractivity contribution in [1.82, 2.24) is 4.90 Å². The van der Waals surface area contributed by atoms with E-state index >= 15 is 0 Å². The molecular weight excluding hydrogens is 342 g/mol. The predicted molar refractivity (Wildman–Crippen MR) is 112 cm³/mol. The summed E-state index contributed by atoms with van der Waals surface area (Å²) in [6.07, 6.45) is 11.0. The minimum atomic E-state index is -0.0178. The van der Waals surface area contributed by atoms with Crippen molar-refractivity contribution in [3.8, 4) is 0 Å². The van der Waals surface area contributed by atoms with Crippen LogP contribution in [0.5, 0.6) is 0 Å². The maximum absolute atomic E-state index is 13.9. The van der Waals surface area contributed by atoms with E-state index in [0.29, 0.717) is 17.1 Å². The molecule has 1 aromatic rings. The number of ketones is 1. The van der Waals surface area contributed by atoms with E-state index in [1.165, 1.54) is 70.1 Å². The molecule has 2 heteroatoms. The fourth-order valence-electron chi connectivity index (χ4n) is 9.12.